The summed E-state index contributed by atoms with van der Waals surface area (Å²) in [6, 6.07) is 11.2. The number of urea groups is 1. The molecule has 0 saturated heterocycles. The van der Waals surface area contributed by atoms with Gasteiger partial charge >= 0.3 is 6.03 Å². The fourth-order valence-corrected chi connectivity index (χ4v) is 5.13. The number of aliphatic hydroxyl groups is 1. The molecular weight excluding hydrogens is 558 g/mol. The van der Waals surface area contributed by atoms with Gasteiger partial charge in [-0.25, -0.2) is 4.79 Å². The highest BCUT2D eigenvalue weighted by atomic mass is 16.5. The predicted molar refractivity (Wildman–Crippen MR) is 169 cm³/mol. The second-order valence-electron chi connectivity index (χ2n) is 12.3. The molecule has 4 aromatic rings. The first kappa shape index (κ1) is 30.7. The van der Waals surface area contributed by atoms with Crippen LogP contribution in [0.25, 0.3) is 5.65 Å². The van der Waals surface area contributed by atoms with Crippen LogP contribution in [0, 0.1) is 10.8 Å². The monoisotopic (exact) mass is 599 g/mol. The molecule has 0 saturated carbocycles. The topological polar surface area (TPSA) is 154 Å². The smallest absolute Gasteiger partial charge is 0.320 e. The number of hydrogen-bond donors (Lipinski definition) is 5. The lowest BCUT2D eigenvalue weighted by Crippen LogP contribution is -2.41. The molecule has 0 radical (unpaired) electrons. The van der Waals surface area contributed by atoms with Gasteiger partial charge in [0, 0.05) is 29.3 Å². The standard InChI is InChI=1S/C32H41N9O3/c1-20(2)30-39-38-29-13-10-22(19-41(29)30)44-26-12-11-25(23-8-6-7-9-24(23)26)36-31(43)37-28(16-27(33)32(3,4)5)35-21-17-34-40(18-21)14-15-42/h6-10,13,16-20,25-26,33,35,42H,11-12,14-15H2,1-5H3,(H2,36,37,43)/b28-16+,33-27?/t25-,26?/m0/s1. The number of aliphatic hydroxyl groups excluding tert-OH is 1. The van der Waals surface area contributed by atoms with Crippen molar-refractivity contribution >= 4 is 23.1 Å². The molecule has 5 rings (SSSR count). The van der Waals surface area contributed by atoms with Gasteiger partial charge in [-0.1, -0.05) is 58.9 Å². The Balaban J connectivity index is 1.31. The summed E-state index contributed by atoms with van der Waals surface area (Å²) in [4.78, 5) is 13.3. The average Bonchev–Trinajstić information content (AvgIpc) is 3.60. The van der Waals surface area contributed by atoms with Crippen LogP contribution in [-0.4, -0.2) is 47.8 Å². The molecule has 44 heavy (non-hydrogen) atoms. The third-order valence-corrected chi connectivity index (χ3v) is 7.52. The van der Waals surface area contributed by atoms with Crippen molar-refractivity contribution in [2.75, 3.05) is 11.9 Å². The number of anilines is 1. The molecule has 0 aliphatic heterocycles. The lowest BCUT2D eigenvalue weighted by molar-refractivity contribution is 0.171. The highest BCUT2D eigenvalue weighted by Crippen LogP contribution is 2.39. The predicted octanol–water partition coefficient (Wildman–Crippen LogP) is 5.32. The van der Waals surface area contributed by atoms with Crippen LogP contribution in [0.15, 0.2) is 66.9 Å². The van der Waals surface area contributed by atoms with E-state index in [1.165, 1.54) is 0 Å². The fraction of sp³-hybridized carbons (Fsp3) is 0.406. The van der Waals surface area contributed by atoms with Crippen molar-refractivity contribution in [1.29, 1.82) is 5.41 Å². The molecule has 1 unspecified atom stereocenters. The molecule has 0 fully saturated rings. The molecule has 3 heterocycles. The second-order valence-corrected chi connectivity index (χ2v) is 12.3. The zero-order valence-electron chi connectivity index (χ0n) is 25.8. The Bertz CT molecular complexity index is 1660. The number of carbonyl (C=O) groups excluding carboxylic acids is 1. The summed E-state index contributed by atoms with van der Waals surface area (Å²) in [5.74, 6) is 2.18. The van der Waals surface area contributed by atoms with E-state index in [4.69, 9.17) is 10.1 Å². The Morgan fingerprint density at radius 2 is 1.91 bits per heavy atom. The molecule has 2 atom stereocenters. The second kappa shape index (κ2) is 12.9. The van der Waals surface area contributed by atoms with E-state index < -0.39 is 11.4 Å². The van der Waals surface area contributed by atoms with Gasteiger partial charge in [-0.3, -0.25) is 14.4 Å². The van der Waals surface area contributed by atoms with E-state index in [9.17, 15) is 9.90 Å². The molecular formula is C32H41N9O3. The van der Waals surface area contributed by atoms with Crippen LogP contribution < -0.4 is 20.7 Å². The van der Waals surface area contributed by atoms with E-state index in [2.05, 4.69) is 45.1 Å². The van der Waals surface area contributed by atoms with Crippen molar-refractivity contribution in [1.82, 2.24) is 35.0 Å². The summed E-state index contributed by atoms with van der Waals surface area (Å²) in [5.41, 5.74) is 3.35. The quantitative estimate of drug-likeness (QED) is 0.155. The summed E-state index contributed by atoms with van der Waals surface area (Å²) in [6.07, 6.45) is 8.09. The van der Waals surface area contributed by atoms with Gasteiger partial charge in [0.25, 0.3) is 0 Å². The van der Waals surface area contributed by atoms with Crippen molar-refractivity contribution in [3.05, 3.63) is 83.8 Å². The summed E-state index contributed by atoms with van der Waals surface area (Å²) in [6.45, 7) is 10.3. The molecule has 12 nitrogen and oxygen atoms in total. The first-order chi connectivity index (χ1) is 21.0. The molecule has 0 spiro atoms. The van der Waals surface area contributed by atoms with E-state index >= 15 is 0 Å². The van der Waals surface area contributed by atoms with Crippen molar-refractivity contribution in [2.24, 2.45) is 5.41 Å². The fourth-order valence-electron chi connectivity index (χ4n) is 5.13. The Kier molecular flexibility index (Phi) is 9.00. The maximum absolute atomic E-state index is 13.3. The van der Waals surface area contributed by atoms with E-state index in [1.54, 1.807) is 23.2 Å². The SMILES string of the molecule is CC(C)c1nnc2ccc(OC3CC[C@H](NC(=O)N/C(=C/C(=N)C(C)(C)C)Nc4cnn(CCO)c4)c4ccccc43)cn12. The summed E-state index contributed by atoms with van der Waals surface area (Å²) >= 11 is 0. The molecule has 3 aromatic heterocycles. The number of carbonyl (C=O) groups is 1. The number of fused-ring (bicyclic) bond motifs is 2. The van der Waals surface area contributed by atoms with E-state index in [-0.39, 0.29) is 24.7 Å². The Morgan fingerprint density at radius 1 is 1.14 bits per heavy atom. The van der Waals surface area contributed by atoms with Gasteiger partial charge in [-0.15, -0.1) is 10.2 Å². The normalized spacial score (nSPS) is 16.9. The number of benzene rings is 1. The third-order valence-electron chi connectivity index (χ3n) is 7.52. The Hall–Kier alpha value is -4.71. The maximum Gasteiger partial charge on any atom is 0.320 e. The highest BCUT2D eigenvalue weighted by molar-refractivity contribution is 5.97. The van der Waals surface area contributed by atoms with Crippen LogP contribution in [0.5, 0.6) is 5.75 Å². The number of rotatable bonds is 10. The summed E-state index contributed by atoms with van der Waals surface area (Å²) < 4.78 is 10.1. The molecule has 5 N–H and O–H groups in total. The van der Waals surface area contributed by atoms with Crippen LogP contribution in [-0.2, 0) is 6.54 Å². The average molecular weight is 600 g/mol. The van der Waals surface area contributed by atoms with E-state index in [1.807, 2.05) is 67.8 Å². The lowest BCUT2D eigenvalue weighted by Gasteiger charge is -2.32. The van der Waals surface area contributed by atoms with Crippen LogP contribution in [0.2, 0.25) is 0 Å². The molecule has 1 aliphatic rings. The lowest BCUT2D eigenvalue weighted by atomic mass is 9.85. The zero-order chi connectivity index (χ0) is 31.4. The van der Waals surface area contributed by atoms with Gasteiger partial charge < -0.3 is 25.9 Å². The summed E-state index contributed by atoms with van der Waals surface area (Å²) in [7, 11) is 0. The molecule has 2 amide bonds. The molecule has 1 aliphatic carbocycles. The molecule has 1 aromatic carbocycles. The number of ether oxygens (including phenoxy) is 1. The third kappa shape index (κ3) is 7.08. The first-order valence-corrected chi connectivity index (χ1v) is 14.9. The Morgan fingerprint density at radius 3 is 2.64 bits per heavy atom. The minimum atomic E-state index is -0.418. The Labute approximate surface area is 257 Å². The van der Waals surface area contributed by atoms with Gasteiger partial charge in [0.1, 0.15) is 23.5 Å². The molecule has 12 heteroatoms. The number of nitrogens with one attached hydrogen (secondary N) is 4. The van der Waals surface area contributed by atoms with Crippen LogP contribution in [0.4, 0.5) is 10.5 Å². The minimum absolute atomic E-state index is 0.0374. The van der Waals surface area contributed by atoms with Crippen molar-refractivity contribution in [3.63, 3.8) is 0 Å². The van der Waals surface area contributed by atoms with Gasteiger partial charge in [-0.2, -0.15) is 5.10 Å². The van der Waals surface area contributed by atoms with E-state index in [0.717, 1.165) is 28.3 Å². The minimum Gasteiger partial charge on any atom is -0.484 e. The number of nitrogens with zero attached hydrogens (tertiary/aromatic N) is 5. The van der Waals surface area contributed by atoms with Gasteiger partial charge in [0.2, 0.25) is 0 Å². The van der Waals surface area contributed by atoms with Gasteiger partial charge in [-0.05, 0) is 36.1 Å². The number of pyridine rings is 1. The highest BCUT2D eigenvalue weighted by Gasteiger charge is 2.30. The van der Waals surface area contributed by atoms with Crippen molar-refractivity contribution in [3.8, 4) is 5.75 Å². The van der Waals surface area contributed by atoms with Crippen LogP contribution >= 0.6 is 0 Å². The number of hydrogen-bond acceptors (Lipinski definition) is 8. The van der Waals surface area contributed by atoms with Crippen molar-refractivity contribution < 1.29 is 14.6 Å². The number of amides is 2. The molecule has 232 valence electrons. The van der Waals surface area contributed by atoms with Crippen LogP contribution in [0.3, 0.4) is 0 Å². The zero-order valence-corrected chi connectivity index (χ0v) is 25.8. The van der Waals surface area contributed by atoms with E-state index in [0.29, 0.717) is 36.6 Å². The van der Waals surface area contributed by atoms with Gasteiger partial charge in [0.05, 0.1) is 37.3 Å². The molecule has 0 bridgehead atoms. The summed E-state index contributed by atoms with van der Waals surface area (Å²) in [5, 5.41) is 39.7. The van der Waals surface area contributed by atoms with Gasteiger partial charge in [0.15, 0.2) is 5.65 Å². The number of aromatic nitrogens is 5. The maximum atomic E-state index is 13.3. The number of allylic oxidation sites excluding steroid dienone is 1. The first-order valence-electron chi connectivity index (χ1n) is 14.9. The largest absolute Gasteiger partial charge is 0.484 e. The van der Waals surface area contributed by atoms with Crippen molar-refractivity contribution in [2.45, 2.75) is 72.1 Å². The van der Waals surface area contributed by atoms with Crippen LogP contribution in [0.1, 0.15) is 82.5 Å².